The Labute approximate surface area is 210 Å². The van der Waals surface area contributed by atoms with Gasteiger partial charge in [-0.2, -0.15) is 0 Å². The molecule has 1 aliphatic heterocycles. The van der Waals surface area contributed by atoms with Crippen molar-refractivity contribution in [1.29, 1.82) is 0 Å². The Morgan fingerprint density at radius 1 is 1.15 bits per heavy atom. The van der Waals surface area contributed by atoms with Crippen LogP contribution in [0.5, 0.6) is 5.75 Å². The lowest BCUT2D eigenvalue weighted by Crippen LogP contribution is -2.32. The number of carbonyl (C=O) groups is 2. The van der Waals surface area contributed by atoms with E-state index in [9.17, 15) is 14.7 Å². The number of carbonyl (C=O) groups excluding carboxylic acids is 2. The molecule has 0 spiro atoms. The van der Waals surface area contributed by atoms with Crippen molar-refractivity contribution in [3.63, 3.8) is 0 Å². The van der Waals surface area contributed by atoms with E-state index in [4.69, 9.17) is 4.74 Å². The van der Waals surface area contributed by atoms with E-state index >= 15 is 0 Å². The third kappa shape index (κ3) is 5.88. The van der Waals surface area contributed by atoms with E-state index < -0.39 is 17.7 Å². The van der Waals surface area contributed by atoms with Crippen molar-refractivity contribution in [2.45, 2.75) is 33.2 Å². The van der Waals surface area contributed by atoms with Gasteiger partial charge in [0.2, 0.25) is 0 Å². The average Bonchev–Trinajstić information content (AvgIpc) is 3.03. The number of hydrogen-bond donors (Lipinski definition) is 1. The lowest BCUT2D eigenvalue weighted by atomic mass is 9.94. The number of nitrogens with zero attached hydrogens (tertiary/aromatic N) is 2. The highest BCUT2D eigenvalue weighted by atomic mass is 79.9. The van der Waals surface area contributed by atoms with Gasteiger partial charge in [-0.15, -0.1) is 0 Å². The van der Waals surface area contributed by atoms with Crippen LogP contribution >= 0.6 is 15.9 Å². The van der Waals surface area contributed by atoms with Crippen LogP contribution in [0.2, 0.25) is 0 Å². The number of ketones is 1. The van der Waals surface area contributed by atoms with Crippen molar-refractivity contribution in [1.82, 2.24) is 9.80 Å². The fourth-order valence-corrected chi connectivity index (χ4v) is 4.29. The molecular weight excluding hydrogens is 496 g/mol. The second-order valence-electron chi connectivity index (χ2n) is 9.39. The molecule has 0 aromatic heterocycles. The maximum absolute atomic E-state index is 13.2. The van der Waals surface area contributed by atoms with Crippen LogP contribution in [0.15, 0.2) is 52.5 Å². The number of ether oxygens (including phenoxy) is 1. The van der Waals surface area contributed by atoms with E-state index in [1.807, 2.05) is 50.2 Å². The summed E-state index contributed by atoms with van der Waals surface area (Å²) >= 11 is 3.44. The number of benzene rings is 2. The molecule has 0 bridgehead atoms. The van der Waals surface area contributed by atoms with Crippen molar-refractivity contribution in [3.8, 4) is 5.75 Å². The summed E-state index contributed by atoms with van der Waals surface area (Å²) in [6.07, 6.45) is 0.716. The minimum atomic E-state index is -0.659. The van der Waals surface area contributed by atoms with Gasteiger partial charge in [-0.05, 0) is 81.4 Å². The van der Waals surface area contributed by atoms with Crippen LogP contribution in [0.25, 0.3) is 5.76 Å². The molecule has 0 aliphatic carbocycles. The van der Waals surface area contributed by atoms with Crippen LogP contribution in [0.4, 0.5) is 0 Å². The van der Waals surface area contributed by atoms with Gasteiger partial charge in [-0.1, -0.05) is 41.9 Å². The molecule has 1 fully saturated rings. The molecule has 1 N–H and O–H groups in total. The second-order valence-corrected chi connectivity index (χ2v) is 10.3. The molecule has 34 heavy (non-hydrogen) atoms. The number of likely N-dealkylation sites (tertiary alicyclic amines) is 1. The predicted molar refractivity (Wildman–Crippen MR) is 138 cm³/mol. The van der Waals surface area contributed by atoms with Gasteiger partial charge in [0, 0.05) is 16.6 Å². The topological polar surface area (TPSA) is 70.1 Å². The van der Waals surface area contributed by atoms with Crippen LogP contribution in [0.3, 0.4) is 0 Å². The summed E-state index contributed by atoms with van der Waals surface area (Å²) in [6, 6.07) is 12.2. The Balaban J connectivity index is 2.03. The lowest BCUT2D eigenvalue weighted by molar-refractivity contribution is -0.139. The summed E-state index contributed by atoms with van der Waals surface area (Å²) in [4.78, 5) is 29.8. The zero-order valence-corrected chi connectivity index (χ0v) is 22.1. The third-order valence-corrected chi connectivity index (χ3v) is 6.28. The predicted octanol–water partition coefficient (Wildman–Crippen LogP) is 5.17. The van der Waals surface area contributed by atoms with E-state index in [1.54, 1.807) is 23.1 Å². The highest BCUT2D eigenvalue weighted by molar-refractivity contribution is 9.10. The molecule has 0 saturated carbocycles. The fraction of sp³-hybridized carbons (Fsp3) is 0.407. The van der Waals surface area contributed by atoms with Gasteiger partial charge in [0.25, 0.3) is 11.7 Å². The first-order valence-corrected chi connectivity index (χ1v) is 12.3. The molecule has 7 heteroatoms. The molecule has 1 atom stereocenters. The summed E-state index contributed by atoms with van der Waals surface area (Å²) in [7, 11) is 3.94. The Hall–Kier alpha value is -2.64. The van der Waals surface area contributed by atoms with E-state index in [1.165, 1.54) is 0 Å². The molecule has 2 aromatic carbocycles. The van der Waals surface area contributed by atoms with Crippen molar-refractivity contribution in [2.24, 2.45) is 5.92 Å². The maximum atomic E-state index is 13.2. The number of aliphatic hydroxyl groups excluding tert-OH is 1. The summed E-state index contributed by atoms with van der Waals surface area (Å²) in [5, 5.41) is 11.3. The molecule has 2 aromatic rings. The zero-order chi connectivity index (χ0) is 25.0. The van der Waals surface area contributed by atoms with Crippen LogP contribution < -0.4 is 4.74 Å². The van der Waals surface area contributed by atoms with E-state index in [0.717, 1.165) is 27.9 Å². The summed E-state index contributed by atoms with van der Waals surface area (Å²) < 4.78 is 6.74. The van der Waals surface area contributed by atoms with Gasteiger partial charge in [0.15, 0.2) is 0 Å². The van der Waals surface area contributed by atoms with E-state index in [0.29, 0.717) is 31.1 Å². The van der Waals surface area contributed by atoms with Crippen LogP contribution in [0.1, 0.15) is 43.0 Å². The number of rotatable bonds is 9. The number of amides is 1. The van der Waals surface area contributed by atoms with E-state index in [2.05, 4.69) is 29.8 Å². The Morgan fingerprint density at radius 2 is 1.82 bits per heavy atom. The normalized spacial score (nSPS) is 17.8. The standard InChI is InChI=1S/C27H33BrN2O4/c1-17(2)16-34-22-12-9-20(15-18(22)3)25(31)23-24(19-7-10-21(28)11-8-19)30(27(33)26(23)32)14-6-13-29(4)5/h7-12,15,17,24,31H,6,13-14,16H2,1-5H3/t24-/m1/s1. The van der Waals surface area contributed by atoms with Crippen molar-refractivity contribution >= 4 is 33.4 Å². The summed E-state index contributed by atoms with van der Waals surface area (Å²) in [6.45, 7) is 7.85. The second kappa shape index (κ2) is 11.2. The maximum Gasteiger partial charge on any atom is 0.295 e. The third-order valence-electron chi connectivity index (χ3n) is 5.75. The number of aliphatic hydroxyl groups is 1. The zero-order valence-electron chi connectivity index (χ0n) is 20.5. The molecule has 182 valence electrons. The molecular formula is C27H33BrN2O4. The first-order valence-electron chi connectivity index (χ1n) is 11.5. The average molecular weight is 529 g/mol. The first kappa shape index (κ1) is 26.0. The van der Waals surface area contributed by atoms with Crippen LogP contribution in [0, 0.1) is 12.8 Å². The van der Waals surface area contributed by atoms with Gasteiger partial charge < -0.3 is 19.6 Å². The highest BCUT2D eigenvalue weighted by Crippen LogP contribution is 2.40. The Morgan fingerprint density at radius 3 is 2.41 bits per heavy atom. The Kier molecular flexibility index (Phi) is 8.55. The SMILES string of the molecule is Cc1cc(C(O)=C2C(=O)C(=O)N(CCCN(C)C)[C@@H]2c2ccc(Br)cc2)ccc1OCC(C)C. The quantitative estimate of drug-likeness (QED) is 0.276. The summed E-state index contributed by atoms with van der Waals surface area (Å²) in [5.41, 5.74) is 2.24. The van der Waals surface area contributed by atoms with Gasteiger partial charge in [0.1, 0.15) is 11.5 Å². The van der Waals surface area contributed by atoms with Gasteiger partial charge >= 0.3 is 0 Å². The number of aryl methyl sites for hydroxylation is 1. The van der Waals surface area contributed by atoms with Crippen LogP contribution in [-0.2, 0) is 9.59 Å². The molecule has 0 radical (unpaired) electrons. The van der Waals surface area contributed by atoms with Crippen LogP contribution in [-0.4, -0.2) is 60.4 Å². The monoisotopic (exact) mass is 528 g/mol. The number of Topliss-reactive ketones (excluding diaryl/α,β-unsaturated/α-hetero) is 1. The number of hydrogen-bond acceptors (Lipinski definition) is 5. The summed E-state index contributed by atoms with van der Waals surface area (Å²) in [5.74, 6) is -0.282. The number of halogens is 1. The van der Waals surface area contributed by atoms with E-state index in [-0.39, 0.29) is 11.3 Å². The fourth-order valence-electron chi connectivity index (χ4n) is 4.03. The Bertz CT molecular complexity index is 1080. The largest absolute Gasteiger partial charge is 0.507 e. The lowest BCUT2D eigenvalue weighted by Gasteiger charge is -2.26. The molecule has 1 heterocycles. The van der Waals surface area contributed by atoms with Crippen molar-refractivity contribution < 1.29 is 19.4 Å². The molecule has 3 rings (SSSR count). The molecule has 0 unspecified atom stereocenters. The van der Waals surface area contributed by atoms with Gasteiger partial charge in [-0.25, -0.2) is 0 Å². The molecule has 1 aliphatic rings. The molecule has 1 amide bonds. The highest BCUT2D eigenvalue weighted by Gasteiger charge is 2.45. The van der Waals surface area contributed by atoms with Crippen molar-refractivity contribution in [2.75, 3.05) is 33.8 Å². The molecule has 6 nitrogen and oxygen atoms in total. The molecule has 1 saturated heterocycles. The first-order chi connectivity index (χ1) is 16.1. The van der Waals surface area contributed by atoms with Crippen molar-refractivity contribution in [3.05, 3.63) is 69.2 Å². The smallest absolute Gasteiger partial charge is 0.295 e. The minimum absolute atomic E-state index is 0.118. The van der Waals surface area contributed by atoms with Gasteiger partial charge in [-0.3, -0.25) is 9.59 Å². The van der Waals surface area contributed by atoms with Gasteiger partial charge in [0.05, 0.1) is 18.2 Å². The minimum Gasteiger partial charge on any atom is -0.507 e.